The molecular weight excluding hydrogens is 164 g/mol. The van der Waals surface area contributed by atoms with Crippen molar-refractivity contribution in [3.05, 3.63) is 0 Å². The molecule has 0 aromatic carbocycles. The van der Waals surface area contributed by atoms with E-state index in [4.69, 9.17) is 4.74 Å². The van der Waals surface area contributed by atoms with Crippen molar-refractivity contribution in [2.45, 2.75) is 33.1 Å². The second-order valence-corrected chi connectivity index (χ2v) is 3.38. The van der Waals surface area contributed by atoms with Gasteiger partial charge in [0.25, 0.3) is 0 Å². The molecule has 0 spiro atoms. The molecule has 0 aliphatic heterocycles. The van der Waals surface area contributed by atoms with E-state index in [1.165, 1.54) is 12.8 Å². The third-order valence-electron chi connectivity index (χ3n) is 2.07. The standard InChI is InChI=1S/C10H18N2O/c1-4-7-13-10(11-3)12-8(2)9-5-6-9/h9H,4-7H2,1-3H3/b11-10+,12-8+. The molecule has 1 aliphatic rings. The van der Waals surface area contributed by atoms with Crippen LogP contribution in [0.5, 0.6) is 0 Å². The molecule has 0 N–H and O–H groups in total. The van der Waals surface area contributed by atoms with Crippen molar-refractivity contribution < 1.29 is 4.74 Å². The fraction of sp³-hybridized carbons (Fsp3) is 0.800. The van der Waals surface area contributed by atoms with E-state index in [1.807, 2.05) is 0 Å². The SMILES string of the molecule is CCCOC(=N/C)/N=C(\C)C1CC1. The molecule has 0 unspecified atom stereocenters. The van der Waals surface area contributed by atoms with Gasteiger partial charge in [-0.15, -0.1) is 0 Å². The molecule has 13 heavy (non-hydrogen) atoms. The molecule has 0 radical (unpaired) electrons. The van der Waals surface area contributed by atoms with Crippen LogP contribution in [0.25, 0.3) is 0 Å². The minimum absolute atomic E-state index is 0.534. The lowest BCUT2D eigenvalue weighted by Crippen LogP contribution is -2.07. The Balaban J connectivity index is 2.42. The van der Waals surface area contributed by atoms with Crippen LogP contribution in [0.4, 0.5) is 0 Å². The molecule has 3 heteroatoms. The topological polar surface area (TPSA) is 34.0 Å². The van der Waals surface area contributed by atoms with Gasteiger partial charge in [0.05, 0.1) is 6.61 Å². The summed E-state index contributed by atoms with van der Waals surface area (Å²) in [5.41, 5.74) is 1.16. The first-order chi connectivity index (χ1) is 6.27. The first kappa shape index (κ1) is 10.2. The summed E-state index contributed by atoms with van der Waals surface area (Å²) in [5.74, 6) is 0.696. The summed E-state index contributed by atoms with van der Waals surface area (Å²) in [5, 5.41) is 0. The predicted molar refractivity (Wildman–Crippen MR) is 55.4 cm³/mol. The lowest BCUT2D eigenvalue weighted by Gasteiger charge is -2.03. The molecule has 1 aliphatic carbocycles. The Morgan fingerprint density at radius 3 is 2.62 bits per heavy atom. The van der Waals surface area contributed by atoms with Crippen LogP contribution < -0.4 is 0 Å². The van der Waals surface area contributed by atoms with E-state index >= 15 is 0 Å². The summed E-state index contributed by atoms with van der Waals surface area (Å²) in [7, 11) is 1.72. The molecular formula is C10H18N2O. The van der Waals surface area contributed by atoms with Gasteiger partial charge in [-0.2, -0.15) is 0 Å². The van der Waals surface area contributed by atoms with Crippen molar-refractivity contribution in [2.75, 3.05) is 13.7 Å². The Labute approximate surface area is 79.9 Å². The normalized spacial score (nSPS) is 19.0. The third-order valence-corrected chi connectivity index (χ3v) is 2.07. The van der Waals surface area contributed by atoms with E-state index in [0.29, 0.717) is 18.5 Å². The highest BCUT2D eigenvalue weighted by atomic mass is 16.5. The quantitative estimate of drug-likeness (QED) is 0.487. The molecule has 1 saturated carbocycles. The molecule has 0 saturated heterocycles. The first-order valence-electron chi connectivity index (χ1n) is 4.92. The van der Waals surface area contributed by atoms with E-state index < -0.39 is 0 Å². The summed E-state index contributed by atoms with van der Waals surface area (Å²) in [6.45, 7) is 4.83. The van der Waals surface area contributed by atoms with Gasteiger partial charge in [-0.25, -0.2) is 9.98 Å². The largest absolute Gasteiger partial charge is 0.464 e. The zero-order valence-corrected chi connectivity index (χ0v) is 8.71. The van der Waals surface area contributed by atoms with E-state index in [2.05, 4.69) is 23.8 Å². The number of nitrogens with zero attached hydrogens (tertiary/aromatic N) is 2. The van der Waals surface area contributed by atoms with Gasteiger partial charge in [-0.1, -0.05) is 6.92 Å². The summed E-state index contributed by atoms with van der Waals surface area (Å²) in [6, 6.07) is 0.534. The van der Waals surface area contributed by atoms with Crippen LogP contribution in [0, 0.1) is 5.92 Å². The van der Waals surface area contributed by atoms with Crippen LogP contribution in [-0.4, -0.2) is 25.4 Å². The van der Waals surface area contributed by atoms with Crippen molar-refractivity contribution in [2.24, 2.45) is 15.9 Å². The van der Waals surface area contributed by atoms with Crippen LogP contribution in [0.1, 0.15) is 33.1 Å². The summed E-state index contributed by atoms with van der Waals surface area (Å²) >= 11 is 0. The van der Waals surface area contributed by atoms with E-state index in [0.717, 1.165) is 12.1 Å². The summed E-state index contributed by atoms with van der Waals surface area (Å²) < 4.78 is 5.35. The molecule has 0 amide bonds. The zero-order valence-electron chi connectivity index (χ0n) is 8.71. The maximum Gasteiger partial charge on any atom is 0.311 e. The van der Waals surface area contributed by atoms with Crippen LogP contribution in [-0.2, 0) is 4.74 Å². The molecule has 0 bridgehead atoms. The summed E-state index contributed by atoms with van der Waals surface area (Å²) in [6.07, 6.45) is 3.55. The highest BCUT2D eigenvalue weighted by molar-refractivity contribution is 5.95. The first-order valence-corrected chi connectivity index (χ1v) is 4.92. The molecule has 0 aromatic heterocycles. The average Bonchev–Trinajstić information content (AvgIpc) is 2.94. The predicted octanol–water partition coefficient (Wildman–Crippen LogP) is 2.27. The van der Waals surface area contributed by atoms with Crippen molar-refractivity contribution in [1.29, 1.82) is 0 Å². The van der Waals surface area contributed by atoms with Crippen LogP contribution >= 0.6 is 0 Å². The van der Waals surface area contributed by atoms with E-state index in [-0.39, 0.29) is 0 Å². The second kappa shape index (κ2) is 5.00. The number of hydrogen-bond donors (Lipinski definition) is 0. The number of ether oxygens (including phenoxy) is 1. The fourth-order valence-corrected chi connectivity index (χ4v) is 1.08. The Morgan fingerprint density at radius 2 is 2.15 bits per heavy atom. The highest BCUT2D eigenvalue weighted by Crippen LogP contribution is 2.30. The molecule has 1 fully saturated rings. The molecule has 74 valence electrons. The number of rotatable bonds is 3. The van der Waals surface area contributed by atoms with E-state index in [1.54, 1.807) is 7.05 Å². The van der Waals surface area contributed by atoms with Crippen LogP contribution in [0.15, 0.2) is 9.98 Å². The minimum atomic E-state index is 0.534. The Morgan fingerprint density at radius 1 is 1.46 bits per heavy atom. The molecule has 1 rings (SSSR count). The highest BCUT2D eigenvalue weighted by Gasteiger charge is 2.24. The second-order valence-electron chi connectivity index (χ2n) is 3.38. The van der Waals surface area contributed by atoms with Gasteiger partial charge < -0.3 is 4.74 Å². The number of amidine groups is 1. The smallest absolute Gasteiger partial charge is 0.311 e. The lowest BCUT2D eigenvalue weighted by molar-refractivity contribution is 0.299. The third kappa shape index (κ3) is 3.57. The van der Waals surface area contributed by atoms with Gasteiger partial charge in [-0.3, -0.25) is 0 Å². The molecule has 3 nitrogen and oxygen atoms in total. The van der Waals surface area contributed by atoms with Gasteiger partial charge in [0.1, 0.15) is 0 Å². The molecule has 0 aromatic rings. The molecule has 0 heterocycles. The Hall–Kier alpha value is -0.860. The van der Waals surface area contributed by atoms with Crippen molar-refractivity contribution >= 4 is 11.7 Å². The minimum Gasteiger partial charge on any atom is -0.464 e. The number of hydrogen-bond acceptors (Lipinski definition) is 2. The average molecular weight is 182 g/mol. The van der Waals surface area contributed by atoms with Crippen molar-refractivity contribution in [3.8, 4) is 0 Å². The zero-order chi connectivity index (χ0) is 9.68. The fourth-order valence-electron chi connectivity index (χ4n) is 1.08. The van der Waals surface area contributed by atoms with Crippen LogP contribution in [0.3, 0.4) is 0 Å². The maximum atomic E-state index is 5.35. The lowest BCUT2D eigenvalue weighted by atomic mass is 10.3. The van der Waals surface area contributed by atoms with E-state index in [9.17, 15) is 0 Å². The van der Waals surface area contributed by atoms with Gasteiger partial charge in [0, 0.05) is 12.8 Å². The van der Waals surface area contributed by atoms with Crippen LogP contribution in [0.2, 0.25) is 0 Å². The van der Waals surface area contributed by atoms with Gasteiger partial charge in [0.2, 0.25) is 0 Å². The van der Waals surface area contributed by atoms with Gasteiger partial charge in [0.15, 0.2) is 0 Å². The Kier molecular flexibility index (Phi) is 3.93. The van der Waals surface area contributed by atoms with Crippen molar-refractivity contribution in [3.63, 3.8) is 0 Å². The maximum absolute atomic E-state index is 5.35. The summed E-state index contributed by atoms with van der Waals surface area (Å²) in [4.78, 5) is 8.32. The molecule has 0 atom stereocenters. The monoisotopic (exact) mass is 182 g/mol. The van der Waals surface area contributed by atoms with Gasteiger partial charge >= 0.3 is 6.02 Å². The number of aliphatic imine (C=N–C) groups is 2. The van der Waals surface area contributed by atoms with Gasteiger partial charge in [-0.05, 0) is 32.1 Å². The Bertz CT molecular complexity index is 217. The van der Waals surface area contributed by atoms with Crippen molar-refractivity contribution in [1.82, 2.24) is 0 Å².